The van der Waals surface area contributed by atoms with Crippen molar-refractivity contribution in [3.05, 3.63) is 41.6 Å². The van der Waals surface area contributed by atoms with Gasteiger partial charge < -0.3 is 19.5 Å². The minimum absolute atomic E-state index is 0.112. The molecule has 2 aromatic rings. The lowest BCUT2D eigenvalue weighted by Crippen LogP contribution is -2.52. The summed E-state index contributed by atoms with van der Waals surface area (Å²) in [5, 5.41) is 17.4. The molecule has 0 radical (unpaired) electrons. The number of hydrogen-bond acceptors (Lipinski definition) is 6. The number of likely N-dealkylation sites (tertiary alicyclic amines) is 1. The van der Waals surface area contributed by atoms with Gasteiger partial charge in [0.05, 0.1) is 18.0 Å². The molecule has 7 heteroatoms. The van der Waals surface area contributed by atoms with E-state index in [1.165, 1.54) is 5.56 Å². The van der Waals surface area contributed by atoms with Crippen LogP contribution in [0, 0.1) is 0 Å². The van der Waals surface area contributed by atoms with E-state index >= 15 is 0 Å². The number of amides is 1. The van der Waals surface area contributed by atoms with Crippen molar-refractivity contribution in [3.8, 4) is 17.0 Å². The number of piperidine rings is 1. The maximum atomic E-state index is 12.3. The van der Waals surface area contributed by atoms with Crippen LogP contribution in [0.5, 0.6) is 5.75 Å². The van der Waals surface area contributed by atoms with Gasteiger partial charge >= 0.3 is 6.09 Å². The topological polar surface area (TPSA) is 84.8 Å². The summed E-state index contributed by atoms with van der Waals surface area (Å²) < 4.78 is 12.0. The number of aliphatic hydroxyl groups is 1. The summed E-state index contributed by atoms with van der Waals surface area (Å²) in [6.07, 6.45) is 3.23. The first-order chi connectivity index (χ1) is 14.3. The zero-order valence-corrected chi connectivity index (χ0v) is 17.9. The predicted octanol–water partition coefficient (Wildman–Crippen LogP) is 3.73. The van der Waals surface area contributed by atoms with Gasteiger partial charge in [0, 0.05) is 31.5 Å². The second kappa shape index (κ2) is 7.87. The summed E-state index contributed by atoms with van der Waals surface area (Å²) >= 11 is 0. The van der Waals surface area contributed by atoms with Gasteiger partial charge in [0.15, 0.2) is 0 Å². The SMILES string of the molecule is CC(C)(C)OC(=O)N1CCC2(CCc3cc(-c4ccc(CO)nn4)ccc3O2)CC1. The molecule has 0 saturated carbocycles. The van der Waals surface area contributed by atoms with Crippen LogP contribution in [-0.2, 0) is 17.8 Å². The Hall–Kier alpha value is -2.67. The summed E-state index contributed by atoms with van der Waals surface area (Å²) in [5.74, 6) is 0.913. The molecule has 1 fully saturated rings. The van der Waals surface area contributed by atoms with Crippen LogP contribution in [0.2, 0.25) is 0 Å². The van der Waals surface area contributed by atoms with Crippen LogP contribution in [0.4, 0.5) is 4.79 Å². The molecule has 0 unspecified atom stereocenters. The Morgan fingerprint density at radius 2 is 1.93 bits per heavy atom. The lowest BCUT2D eigenvalue weighted by atomic mass is 9.83. The average molecular weight is 412 g/mol. The fourth-order valence-corrected chi connectivity index (χ4v) is 4.05. The molecular formula is C23H29N3O4. The van der Waals surface area contributed by atoms with Gasteiger partial charge in [-0.3, -0.25) is 0 Å². The molecule has 0 aliphatic carbocycles. The Morgan fingerprint density at radius 1 is 1.17 bits per heavy atom. The van der Waals surface area contributed by atoms with E-state index in [0.717, 1.165) is 42.7 Å². The van der Waals surface area contributed by atoms with Crippen LogP contribution in [0.25, 0.3) is 11.3 Å². The minimum Gasteiger partial charge on any atom is -0.487 e. The van der Waals surface area contributed by atoms with Crippen molar-refractivity contribution in [2.75, 3.05) is 13.1 Å². The van der Waals surface area contributed by atoms with Gasteiger partial charge in [0.1, 0.15) is 17.0 Å². The molecule has 2 aliphatic heterocycles. The fourth-order valence-electron chi connectivity index (χ4n) is 4.05. The summed E-state index contributed by atoms with van der Waals surface area (Å²) in [6, 6.07) is 9.77. The van der Waals surface area contributed by atoms with Crippen LogP contribution in [0.1, 0.15) is 51.3 Å². The number of hydrogen-bond donors (Lipinski definition) is 1. The quantitative estimate of drug-likeness (QED) is 0.811. The zero-order chi connectivity index (χ0) is 21.4. The maximum Gasteiger partial charge on any atom is 0.410 e. The van der Waals surface area contributed by atoms with E-state index in [4.69, 9.17) is 14.6 Å². The Kier molecular flexibility index (Phi) is 5.40. The minimum atomic E-state index is -0.479. The molecule has 1 spiro atoms. The monoisotopic (exact) mass is 411 g/mol. The Morgan fingerprint density at radius 3 is 2.57 bits per heavy atom. The molecule has 0 bridgehead atoms. The fraction of sp³-hybridized carbons (Fsp3) is 0.522. The number of aromatic nitrogens is 2. The number of aryl methyl sites for hydroxylation is 1. The molecule has 4 rings (SSSR count). The van der Waals surface area contributed by atoms with Gasteiger partial charge in [-0.15, -0.1) is 0 Å². The van der Waals surface area contributed by atoms with Gasteiger partial charge in [-0.2, -0.15) is 10.2 Å². The predicted molar refractivity (Wildman–Crippen MR) is 112 cm³/mol. The van der Waals surface area contributed by atoms with Crippen molar-refractivity contribution < 1.29 is 19.4 Å². The van der Waals surface area contributed by atoms with E-state index in [-0.39, 0.29) is 18.3 Å². The molecule has 1 N–H and O–H groups in total. The zero-order valence-electron chi connectivity index (χ0n) is 17.9. The second-order valence-corrected chi connectivity index (χ2v) is 9.14. The Balaban J connectivity index is 1.42. The Bertz CT molecular complexity index is 913. The highest BCUT2D eigenvalue weighted by Crippen LogP contribution is 2.40. The largest absolute Gasteiger partial charge is 0.487 e. The molecule has 2 aliphatic rings. The number of carbonyl (C=O) groups is 1. The van der Waals surface area contributed by atoms with Gasteiger partial charge in [0.25, 0.3) is 0 Å². The van der Waals surface area contributed by atoms with Gasteiger partial charge in [-0.25, -0.2) is 4.79 Å². The van der Waals surface area contributed by atoms with Crippen molar-refractivity contribution in [2.45, 2.75) is 64.3 Å². The lowest BCUT2D eigenvalue weighted by Gasteiger charge is -2.44. The van der Waals surface area contributed by atoms with E-state index < -0.39 is 5.60 Å². The van der Waals surface area contributed by atoms with Crippen molar-refractivity contribution in [2.24, 2.45) is 0 Å². The van der Waals surface area contributed by atoms with Gasteiger partial charge in [0.2, 0.25) is 0 Å². The highest BCUT2D eigenvalue weighted by Gasteiger charge is 2.41. The van der Waals surface area contributed by atoms with Gasteiger partial charge in [-0.05, 0) is 69.5 Å². The van der Waals surface area contributed by atoms with Crippen molar-refractivity contribution >= 4 is 6.09 Å². The van der Waals surface area contributed by atoms with Crippen molar-refractivity contribution in [1.29, 1.82) is 0 Å². The highest BCUT2D eigenvalue weighted by atomic mass is 16.6. The Labute approximate surface area is 177 Å². The standard InChI is InChI=1S/C23H29N3O4/c1-22(2,3)30-21(28)26-12-10-23(11-13-26)9-8-17-14-16(4-7-20(17)29-23)19-6-5-18(15-27)24-25-19/h4-7,14,27H,8-13,15H2,1-3H3. The number of fused-ring (bicyclic) bond motifs is 1. The number of ether oxygens (including phenoxy) is 2. The lowest BCUT2D eigenvalue weighted by molar-refractivity contribution is -0.0272. The van der Waals surface area contributed by atoms with Crippen LogP contribution in [0.3, 0.4) is 0 Å². The first kappa shape index (κ1) is 20.6. The molecule has 30 heavy (non-hydrogen) atoms. The summed E-state index contributed by atoms with van der Waals surface area (Å²) in [7, 11) is 0. The third kappa shape index (κ3) is 4.41. The van der Waals surface area contributed by atoms with Crippen LogP contribution in [0.15, 0.2) is 30.3 Å². The van der Waals surface area contributed by atoms with E-state index in [2.05, 4.69) is 16.3 Å². The molecule has 7 nitrogen and oxygen atoms in total. The molecule has 0 atom stereocenters. The maximum absolute atomic E-state index is 12.3. The third-order valence-electron chi connectivity index (χ3n) is 5.74. The van der Waals surface area contributed by atoms with Crippen molar-refractivity contribution in [3.63, 3.8) is 0 Å². The molecule has 1 aromatic heterocycles. The van der Waals surface area contributed by atoms with E-state index in [1.54, 1.807) is 11.0 Å². The summed E-state index contributed by atoms with van der Waals surface area (Å²) in [5.41, 5.74) is 2.80. The van der Waals surface area contributed by atoms with E-state index in [9.17, 15) is 4.79 Å². The number of rotatable bonds is 2. The summed E-state index contributed by atoms with van der Waals surface area (Å²) in [6.45, 7) is 6.85. The van der Waals surface area contributed by atoms with Crippen molar-refractivity contribution in [1.82, 2.24) is 15.1 Å². The number of carbonyl (C=O) groups excluding carboxylic acids is 1. The van der Waals surface area contributed by atoms with Crippen LogP contribution >= 0.6 is 0 Å². The first-order valence-electron chi connectivity index (χ1n) is 10.5. The molecule has 1 aromatic carbocycles. The van der Waals surface area contributed by atoms with E-state index in [1.807, 2.05) is 39.0 Å². The van der Waals surface area contributed by atoms with E-state index in [0.29, 0.717) is 18.8 Å². The normalized spacial score (nSPS) is 17.9. The highest BCUT2D eigenvalue weighted by molar-refractivity contribution is 5.68. The molecular weight excluding hydrogens is 382 g/mol. The average Bonchev–Trinajstić information content (AvgIpc) is 2.73. The third-order valence-corrected chi connectivity index (χ3v) is 5.74. The second-order valence-electron chi connectivity index (χ2n) is 9.14. The molecule has 160 valence electrons. The molecule has 1 saturated heterocycles. The summed E-state index contributed by atoms with van der Waals surface area (Å²) in [4.78, 5) is 14.1. The number of benzene rings is 1. The van der Waals surface area contributed by atoms with Crippen LogP contribution in [-0.4, -0.2) is 50.6 Å². The van der Waals surface area contributed by atoms with Gasteiger partial charge in [-0.1, -0.05) is 0 Å². The smallest absolute Gasteiger partial charge is 0.410 e. The van der Waals surface area contributed by atoms with Crippen LogP contribution < -0.4 is 4.74 Å². The first-order valence-corrected chi connectivity index (χ1v) is 10.5. The number of aliphatic hydroxyl groups excluding tert-OH is 1. The number of nitrogens with zero attached hydrogens (tertiary/aromatic N) is 3. The molecule has 1 amide bonds. The molecule has 3 heterocycles.